The third-order valence-electron chi connectivity index (χ3n) is 5.09. The summed E-state index contributed by atoms with van der Waals surface area (Å²) in [5.74, 6) is 0.737. The first-order valence-corrected chi connectivity index (χ1v) is 9.67. The van der Waals surface area contributed by atoms with E-state index in [0.29, 0.717) is 23.9 Å². The molecule has 25 heavy (non-hydrogen) atoms. The van der Waals surface area contributed by atoms with E-state index in [1.54, 1.807) is 6.92 Å². The predicted molar refractivity (Wildman–Crippen MR) is 103 cm³/mol. The van der Waals surface area contributed by atoms with Gasteiger partial charge in [0.15, 0.2) is 0 Å². The highest BCUT2D eigenvalue weighted by atomic mass is 35.5. The van der Waals surface area contributed by atoms with Crippen LogP contribution >= 0.6 is 11.6 Å². The molecule has 5 heteroatoms. The fourth-order valence-electron chi connectivity index (χ4n) is 3.86. The smallest absolute Gasteiger partial charge is 0.224 e. The summed E-state index contributed by atoms with van der Waals surface area (Å²) in [7, 11) is 0. The molecule has 1 aliphatic carbocycles. The van der Waals surface area contributed by atoms with Crippen LogP contribution in [0.15, 0.2) is 24.4 Å². The highest BCUT2D eigenvalue weighted by Gasteiger charge is 2.17. The zero-order chi connectivity index (χ0) is 17.8. The standard InChI is InChI=1S/C20H27ClN2O2/c1-14(24)12-23-13-17(20-16(21)8-5-9-18(20)23)22-19(25)11-10-15-6-3-2-4-7-15/h5,8-9,13-15,24H,2-4,6-7,10-12H2,1H3,(H,22,25). The third kappa shape index (κ3) is 4.56. The zero-order valence-electron chi connectivity index (χ0n) is 14.8. The third-order valence-corrected chi connectivity index (χ3v) is 5.41. The van der Waals surface area contributed by atoms with Gasteiger partial charge in [0.2, 0.25) is 5.91 Å². The molecular weight excluding hydrogens is 336 g/mol. The summed E-state index contributed by atoms with van der Waals surface area (Å²) in [4.78, 5) is 12.4. The van der Waals surface area contributed by atoms with Crippen molar-refractivity contribution in [1.82, 2.24) is 4.57 Å². The second kappa shape index (κ2) is 8.24. The van der Waals surface area contributed by atoms with Crippen LogP contribution in [0.4, 0.5) is 5.69 Å². The number of hydrogen-bond acceptors (Lipinski definition) is 2. The van der Waals surface area contributed by atoms with Crippen LogP contribution in [0.3, 0.4) is 0 Å². The number of aliphatic hydroxyl groups is 1. The number of carbonyl (C=O) groups is 1. The Hall–Kier alpha value is -1.52. The Balaban J connectivity index is 1.72. The molecule has 1 amide bonds. The van der Waals surface area contributed by atoms with Crippen LogP contribution in [0, 0.1) is 5.92 Å². The molecule has 2 N–H and O–H groups in total. The minimum atomic E-state index is -0.468. The number of benzene rings is 1. The van der Waals surface area contributed by atoms with E-state index in [-0.39, 0.29) is 5.91 Å². The summed E-state index contributed by atoms with van der Waals surface area (Å²) in [6, 6.07) is 5.67. The zero-order valence-corrected chi connectivity index (χ0v) is 15.6. The largest absolute Gasteiger partial charge is 0.392 e. The van der Waals surface area contributed by atoms with Crippen molar-refractivity contribution in [1.29, 1.82) is 0 Å². The van der Waals surface area contributed by atoms with E-state index in [0.717, 1.165) is 23.0 Å². The minimum absolute atomic E-state index is 0.0431. The Morgan fingerprint density at radius 1 is 1.36 bits per heavy atom. The van der Waals surface area contributed by atoms with Gasteiger partial charge in [-0.05, 0) is 31.4 Å². The van der Waals surface area contributed by atoms with E-state index in [4.69, 9.17) is 11.6 Å². The number of amides is 1. The number of halogens is 1. The van der Waals surface area contributed by atoms with Gasteiger partial charge >= 0.3 is 0 Å². The average molecular weight is 363 g/mol. The lowest BCUT2D eigenvalue weighted by Crippen LogP contribution is -2.15. The van der Waals surface area contributed by atoms with Crippen molar-refractivity contribution >= 4 is 34.1 Å². The molecule has 3 rings (SSSR count). The van der Waals surface area contributed by atoms with Crippen molar-refractivity contribution in [2.75, 3.05) is 5.32 Å². The second-order valence-electron chi connectivity index (χ2n) is 7.27. The maximum atomic E-state index is 12.4. The van der Waals surface area contributed by atoms with Gasteiger partial charge in [-0.2, -0.15) is 0 Å². The van der Waals surface area contributed by atoms with Gasteiger partial charge in [-0.1, -0.05) is 49.8 Å². The lowest BCUT2D eigenvalue weighted by Gasteiger charge is -2.20. The van der Waals surface area contributed by atoms with Gasteiger partial charge in [0, 0.05) is 24.5 Å². The number of nitrogens with one attached hydrogen (secondary N) is 1. The number of hydrogen-bond donors (Lipinski definition) is 2. The molecule has 4 nitrogen and oxygen atoms in total. The molecule has 1 aromatic carbocycles. The number of carbonyl (C=O) groups excluding carboxylic acids is 1. The Bertz CT molecular complexity index is 733. The monoisotopic (exact) mass is 362 g/mol. The van der Waals surface area contributed by atoms with Crippen LogP contribution in [-0.4, -0.2) is 21.7 Å². The highest BCUT2D eigenvalue weighted by molar-refractivity contribution is 6.36. The normalized spacial score (nSPS) is 16.9. The van der Waals surface area contributed by atoms with Crippen LogP contribution in [0.2, 0.25) is 5.02 Å². The fourth-order valence-corrected chi connectivity index (χ4v) is 4.13. The number of rotatable bonds is 6. The van der Waals surface area contributed by atoms with Gasteiger partial charge in [-0.3, -0.25) is 4.79 Å². The molecule has 0 saturated heterocycles. The van der Waals surface area contributed by atoms with Crippen molar-refractivity contribution in [3.8, 4) is 0 Å². The molecule has 1 fully saturated rings. The van der Waals surface area contributed by atoms with E-state index in [1.165, 1.54) is 32.1 Å². The van der Waals surface area contributed by atoms with Gasteiger partial charge in [0.1, 0.15) is 0 Å². The van der Waals surface area contributed by atoms with E-state index in [9.17, 15) is 9.90 Å². The summed E-state index contributed by atoms with van der Waals surface area (Å²) < 4.78 is 1.95. The van der Waals surface area contributed by atoms with Gasteiger partial charge < -0.3 is 15.0 Å². The molecule has 136 valence electrons. The summed E-state index contributed by atoms with van der Waals surface area (Å²) >= 11 is 6.37. The average Bonchev–Trinajstić information content (AvgIpc) is 2.92. The van der Waals surface area contributed by atoms with Gasteiger partial charge in [0.25, 0.3) is 0 Å². The summed E-state index contributed by atoms with van der Waals surface area (Å²) in [5.41, 5.74) is 1.66. The Labute approximate surface area is 154 Å². The molecule has 0 radical (unpaired) electrons. The van der Waals surface area contributed by atoms with Crippen molar-refractivity contribution in [3.63, 3.8) is 0 Å². The molecule has 1 atom stereocenters. The lowest BCUT2D eigenvalue weighted by molar-refractivity contribution is -0.116. The summed E-state index contributed by atoms with van der Waals surface area (Å²) in [6.07, 6.45) is 9.38. The molecule has 0 bridgehead atoms. The molecular formula is C20H27ClN2O2. The van der Waals surface area contributed by atoms with Crippen LogP contribution < -0.4 is 5.32 Å². The molecule has 1 heterocycles. The number of aliphatic hydroxyl groups excluding tert-OH is 1. The molecule has 1 aromatic heterocycles. The lowest BCUT2D eigenvalue weighted by atomic mass is 9.86. The van der Waals surface area contributed by atoms with Crippen molar-refractivity contribution in [2.45, 2.75) is 64.5 Å². The predicted octanol–water partition coefficient (Wildman–Crippen LogP) is 4.97. The maximum absolute atomic E-state index is 12.4. The molecule has 1 aliphatic rings. The van der Waals surface area contributed by atoms with E-state index in [2.05, 4.69) is 5.32 Å². The molecule has 0 spiro atoms. The van der Waals surface area contributed by atoms with Crippen LogP contribution in [0.5, 0.6) is 0 Å². The fraction of sp³-hybridized carbons (Fsp3) is 0.550. The van der Waals surface area contributed by atoms with E-state index in [1.807, 2.05) is 29.0 Å². The SMILES string of the molecule is CC(O)Cn1cc(NC(=O)CCC2CCCCC2)c2c(Cl)cccc21. The van der Waals surface area contributed by atoms with Crippen molar-refractivity contribution in [3.05, 3.63) is 29.4 Å². The number of nitrogens with zero attached hydrogens (tertiary/aromatic N) is 1. The first-order valence-electron chi connectivity index (χ1n) is 9.30. The van der Waals surface area contributed by atoms with Crippen molar-refractivity contribution < 1.29 is 9.90 Å². The van der Waals surface area contributed by atoms with E-state index < -0.39 is 6.10 Å². The van der Waals surface area contributed by atoms with Gasteiger partial charge in [0.05, 0.1) is 22.3 Å². The van der Waals surface area contributed by atoms with Gasteiger partial charge in [-0.25, -0.2) is 0 Å². The topological polar surface area (TPSA) is 54.3 Å². The highest BCUT2D eigenvalue weighted by Crippen LogP contribution is 2.33. The van der Waals surface area contributed by atoms with Crippen LogP contribution in [0.1, 0.15) is 51.9 Å². The quantitative estimate of drug-likeness (QED) is 0.761. The first kappa shape index (κ1) is 18.3. The Morgan fingerprint density at radius 3 is 2.84 bits per heavy atom. The first-order chi connectivity index (χ1) is 12.0. The molecule has 1 saturated carbocycles. The Kier molecular flexibility index (Phi) is 6.02. The Morgan fingerprint density at radius 2 is 2.12 bits per heavy atom. The van der Waals surface area contributed by atoms with Crippen LogP contribution in [-0.2, 0) is 11.3 Å². The number of fused-ring (bicyclic) bond motifs is 1. The second-order valence-corrected chi connectivity index (χ2v) is 7.68. The maximum Gasteiger partial charge on any atom is 0.224 e. The number of aromatic nitrogens is 1. The van der Waals surface area contributed by atoms with Gasteiger partial charge in [-0.15, -0.1) is 0 Å². The summed E-state index contributed by atoms with van der Waals surface area (Å²) in [5, 5.41) is 14.2. The summed E-state index contributed by atoms with van der Waals surface area (Å²) in [6.45, 7) is 2.22. The minimum Gasteiger partial charge on any atom is -0.392 e. The molecule has 1 unspecified atom stereocenters. The molecule has 2 aromatic rings. The van der Waals surface area contributed by atoms with Crippen LogP contribution in [0.25, 0.3) is 10.9 Å². The van der Waals surface area contributed by atoms with E-state index >= 15 is 0 Å². The molecule has 0 aliphatic heterocycles. The van der Waals surface area contributed by atoms with Crippen molar-refractivity contribution in [2.24, 2.45) is 5.92 Å². The number of anilines is 1.